The van der Waals surface area contributed by atoms with E-state index in [0.717, 1.165) is 11.1 Å². The Morgan fingerprint density at radius 3 is 2.88 bits per heavy atom. The summed E-state index contributed by atoms with van der Waals surface area (Å²) in [6.45, 7) is 6.26. The topological polar surface area (TPSA) is 49.8 Å². The summed E-state index contributed by atoms with van der Waals surface area (Å²) in [4.78, 5) is 14.0. The van der Waals surface area contributed by atoms with E-state index in [2.05, 4.69) is 6.58 Å². The van der Waals surface area contributed by atoms with Gasteiger partial charge >= 0.3 is 0 Å². The minimum atomic E-state index is -0.788. The number of nitrogens with zero attached hydrogens (tertiary/aromatic N) is 1. The van der Waals surface area contributed by atoms with E-state index in [1.165, 1.54) is 6.08 Å². The average Bonchev–Trinajstić information content (AvgIpc) is 2.60. The number of hydrogen-bond acceptors (Lipinski definition) is 3. The van der Waals surface area contributed by atoms with E-state index in [-0.39, 0.29) is 12.5 Å². The minimum absolute atomic E-state index is 0.219. The molecule has 0 saturated heterocycles. The highest BCUT2D eigenvalue weighted by molar-refractivity contribution is 5.87. The second-order valence-corrected chi connectivity index (χ2v) is 6.02. The molecule has 1 aliphatic heterocycles. The molecule has 0 aliphatic carbocycles. The summed E-state index contributed by atoms with van der Waals surface area (Å²) >= 11 is 0. The van der Waals surface area contributed by atoms with Crippen LogP contribution < -0.4 is 4.74 Å². The molecular formula is C20H21NO3. The number of hydrogen-bond donors (Lipinski definition) is 1. The van der Waals surface area contributed by atoms with E-state index in [1.54, 1.807) is 4.90 Å². The van der Waals surface area contributed by atoms with Gasteiger partial charge < -0.3 is 14.7 Å². The molecule has 0 saturated carbocycles. The molecule has 0 aromatic heterocycles. The molecule has 4 heteroatoms. The molecule has 0 radical (unpaired) electrons. The average molecular weight is 323 g/mol. The van der Waals surface area contributed by atoms with Crippen LogP contribution in [0.25, 0.3) is 0 Å². The Morgan fingerprint density at radius 1 is 1.33 bits per heavy atom. The molecule has 0 fully saturated rings. The molecule has 1 aliphatic rings. The molecule has 2 atom stereocenters. The maximum absolute atomic E-state index is 12.4. The van der Waals surface area contributed by atoms with E-state index in [0.29, 0.717) is 17.9 Å². The van der Waals surface area contributed by atoms with Crippen molar-refractivity contribution in [3.05, 3.63) is 77.9 Å². The summed E-state index contributed by atoms with van der Waals surface area (Å²) in [5.74, 6) is 0.450. The minimum Gasteiger partial charge on any atom is -0.491 e. The lowest BCUT2D eigenvalue weighted by Crippen LogP contribution is -2.48. The first-order chi connectivity index (χ1) is 11.6. The third kappa shape index (κ3) is 3.19. The molecular weight excluding hydrogens is 302 g/mol. The van der Waals surface area contributed by atoms with Gasteiger partial charge in [0.15, 0.2) is 0 Å². The van der Waals surface area contributed by atoms with Crippen molar-refractivity contribution < 1.29 is 14.6 Å². The van der Waals surface area contributed by atoms with Crippen molar-refractivity contribution in [1.29, 1.82) is 0 Å². The molecule has 1 amide bonds. The van der Waals surface area contributed by atoms with E-state index < -0.39 is 12.1 Å². The normalized spacial score (nSPS) is 19.1. The highest BCUT2D eigenvalue weighted by Gasteiger charge is 2.35. The number of fused-ring (bicyclic) bond motifs is 1. The van der Waals surface area contributed by atoms with Gasteiger partial charge in [0.25, 0.3) is 0 Å². The summed E-state index contributed by atoms with van der Waals surface area (Å²) in [6.07, 6.45) is 0.493. The lowest BCUT2D eigenvalue weighted by molar-refractivity contribution is -0.133. The lowest BCUT2D eigenvalue weighted by atomic mass is 9.97. The van der Waals surface area contributed by atoms with Crippen LogP contribution in [0.2, 0.25) is 0 Å². The van der Waals surface area contributed by atoms with Gasteiger partial charge in [0.05, 0.1) is 6.04 Å². The Labute approximate surface area is 142 Å². The van der Waals surface area contributed by atoms with Gasteiger partial charge in [-0.05, 0) is 24.6 Å². The van der Waals surface area contributed by atoms with Crippen LogP contribution in [-0.2, 0) is 11.3 Å². The third-order valence-electron chi connectivity index (χ3n) is 4.31. The van der Waals surface area contributed by atoms with Gasteiger partial charge in [0.1, 0.15) is 18.5 Å². The van der Waals surface area contributed by atoms with Crippen molar-refractivity contribution in [1.82, 2.24) is 4.90 Å². The molecule has 24 heavy (non-hydrogen) atoms. The zero-order valence-electron chi connectivity index (χ0n) is 13.7. The number of carbonyl (C=O) groups excluding carboxylic acids is 1. The summed E-state index contributed by atoms with van der Waals surface area (Å²) in [5, 5.41) is 10.8. The van der Waals surface area contributed by atoms with Gasteiger partial charge in [-0.15, -0.1) is 0 Å². The predicted molar refractivity (Wildman–Crippen MR) is 92.6 cm³/mol. The number of aliphatic hydroxyl groups excluding tert-OH is 1. The number of benzene rings is 2. The first-order valence-corrected chi connectivity index (χ1v) is 7.98. The van der Waals surface area contributed by atoms with Crippen LogP contribution in [0.1, 0.15) is 22.8 Å². The molecule has 0 spiro atoms. The molecule has 2 aromatic rings. The Bertz CT molecular complexity index is 756. The number of carbonyl (C=O) groups is 1. The van der Waals surface area contributed by atoms with Crippen molar-refractivity contribution in [3.8, 4) is 5.75 Å². The van der Waals surface area contributed by atoms with Crippen molar-refractivity contribution in [2.75, 3.05) is 6.61 Å². The fourth-order valence-electron chi connectivity index (χ4n) is 3.07. The van der Waals surface area contributed by atoms with E-state index >= 15 is 0 Å². The van der Waals surface area contributed by atoms with Gasteiger partial charge in [0.2, 0.25) is 5.91 Å². The molecule has 124 valence electrons. The summed E-state index contributed by atoms with van der Waals surface area (Å²) < 4.78 is 5.76. The zero-order chi connectivity index (χ0) is 17.1. The van der Waals surface area contributed by atoms with Crippen LogP contribution in [-0.4, -0.2) is 28.6 Å². The second-order valence-electron chi connectivity index (χ2n) is 6.02. The van der Waals surface area contributed by atoms with Gasteiger partial charge in [-0.2, -0.15) is 0 Å². The number of aliphatic hydroxyl groups is 1. The van der Waals surface area contributed by atoms with Crippen LogP contribution in [0.5, 0.6) is 5.75 Å². The van der Waals surface area contributed by atoms with Crippen molar-refractivity contribution in [3.63, 3.8) is 0 Å². The third-order valence-corrected chi connectivity index (χ3v) is 4.31. The molecule has 1 heterocycles. The van der Waals surface area contributed by atoms with E-state index in [9.17, 15) is 9.90 Å². The fourth-order valence-corrected chi connectivity index (χ4v) is 3.07. The number of para-hydroxylation sites is 1. The Kier molecular flexibility index (Phi) is 4.67. The number of aryl methyl sites for hydroxylation is 1. The van der Waals surface area contributed by atoms with Crippen molar-refractivity contribution in [2.24, 2.45) is 0 Å². The van der Waals surface area contributed by atoms with E-state index in [1.807, 2.05) is 55.5 Å². The smallest absolute Gasteiger partial charge is 0.246 e. The van der Waals surface area contributed by atoms with Crippen molar-refractivity contribution in [2.45, 2.75) is 25.6 Å². The van der Waals surface area contributed by atoms with E-state index in [4.69, 9.17) is 4.74 Å². The van der Waals surface area contributed by atoms with Gasteiger partial charge in [-0.1, -0.05) is 54.6 Å². The monoisotopic (exact) mass is 323 g/mol. The fraction of sp³-hybridized carbons (Fsp3) is 0.250. The Balaban J connectivity index is 1.89. The molecule has 1 N–H and O–H groups in total. The number of amides is 1. The summed E-state index contributed by atoms with van der Waals surface area (Å²) in [7, 11) is 0. The molecule has 3 rings (SSSR count). The standard InChI is InChI=1S/C20H21NO3/c1-3-19(22)21(12-15-8-6-7-14(2)11-15)17-13-24-18-10-5-4-9-16(18)20(17)23/h3-11,17,20,23H,1,12-13H2,2H3/t17-,20-/m1/s1. The SMILES string of the molecule is C=CC(=O)N(Cc1cccc(C)c1)[C@@H]1COc2ccccc2[C@H]1O. The Morgan fingerprint density at radius 2 is 2.12 bits per heavy atom. The quantitative estimate of drug-likeness (QED) is 0.880. The molecule has 4 nitrogen and oxygen atoms in total. The highest BCUT2D eigenvalue weighted by atomic mass is 16.5. The zero-order valence-corrected chi connectivity index (χ0v) is 13.7. The second kappa shape index (κ2) is 6.89. The van der Waals surface area contributed by atoms with Crippen LogP contribution in [0.3, 0.4) is 0 Å². The van der Waals surface area contributed by atoms with Gasteiger partial charge in [-0.3, -0.25) is 4.79 Å². The van der Waals surface area contributed by atoms with Crippen molar-refractivity contribution >= 4 is 5.91 Å². The maximum Gasteiger partial charge on any atom is 0.246 e. The molecule has 2 aromatic carbocycles. The maximum atomic E-state index is 12.4. The Hall–Kier alpha value is -2.59. The number of ether oxygens (including phenoxy) is 1. The summed E-state index contributed by atoms with van der Waals surface area (Å²) in [5.41, 5.74) is 2.85. The molecule has 0 bridgehead atoms. The highest BCUT2D eigenvalue weighted by Crippen LogP contribution is 2.34. The van der Waals surface area contributed by atoms with Crippen LogP contribution in [0, 0.1) is 6.92 Å². The van der Waals surface area contributed by atoms with Crippen LogP contribution in [0.15, 0.2) is 61.2 Å². The van der Waals surface area contributed by atoms with Crippen LogP contribution in [0.4, 0.5) is 0 Å². The largest absolute Gasteiger partial charge is 0.491 e. The predicted octanol–water partition coefficient (Wildman–Crippen LogP) is 3.00. The van der Waals surface area contributed by atoms with Gasteiger partial charge in [-0.25, -0.2) is 0 Å². The molecule has 0 unspecified atom stereocenters. The lowest BCUT2D eigenvalue weighted by Gasteiger charge is -2.38. The van der Waals surface area contributed by atoms with Gasteiger partial charge in [0, 0.05) is 12.1 Å². The first kappa shape index (κ1) is 16.3. The number of rotatable bonds is 4. The first-order valence-electron chi connectivity index (χ1n) is 7.98. The summed E-state index contributed by atoms with van der Waals surface area (Å²) in [6, 6.07) is 14.9. The van der Waals surface area contributed by atoms with Crippen LogP contribution >= 0.6 is 0 Å².